The van der Waals surface area contributed by atoms with Crippen LogP contribution in [0.3, 0.4) is 0 Å². The van der Waals surface area contributed by atoms with Crippen molar-refractivity contribution in [2.45, 2.75) is 38.6 Å². The third-order valence-corrected chi connectivity index (χ3v) is 2.08. The van der Waals surface area contributed by atoms with E-state index in [0.29, 0.717) is 6.42 Å². The number of methoxy groups -OCH3 is 1. The Morgan fingerprint density at radius 3 is 2.47 bits per heavy atom. The normalized spacial score (nSPS) is 14.3. The average Bonchev–Trinajstić information content (AvgIpc) is 2.14. The summed E-state index contributed by atoms with van der Waals surface area (Å²) in [6.07, 6.45) is 2.01. The Bertz CT molecular complexity index is 229. The van der Waals surface area contributed by atoms with Gasteiger partial charge in [0, 0.05) is 13.5 Å². The molecule has 0 aromatic rings. The van der Waals surface area contributed by atoms with Gasteiger partial charge in [-0.05, 0) is 13.3 Å². The van der Waals surface area contributed by atoms with E-state index in [9.17, 15) is 9.59 Å². The van der Waals surface area contributed by atoms with Crippen molar-refractivity contribution in [3.8, 4) is 0 Å². The quantitative estimate of drug-likeness (QED) is 0.661. The molecule has 0 aromatic heterocycles. The minimum Gasteiger partial charge on any atom is -0.479 e. The fourth-order valence-electron chi connectivity index (χ4n) is 1.15. The second-order valence-electron chi connectivity index (χ2n) is 3.72. The molecule has 0 bridgehead atoms. The molecule has 0 rings (SSSR count). The molecule has 15 heavy (non-hydrogen) atoms. The van der Waals surface area contributed by atoms with E-state index in [-0.39, 0.29) is 12.5 Å². The topological polar surface area (TPSA) is 75.6 Å². The molecule has 0 aliphatic carbocycles. The number of carbonyl (C=O) groups excluding carboxylic acids is 1. The number of unbranched alkanes of at least 4 members (excludes halogenated alkanes) is 1. The molecule has 2 N–H and O–H groups in total. The summed E-state index contributed by atoms with van der Waals surface area (Å²) in [4.78, 5) is 22.3. The number of aliphatic carboxylic acids is 1. The van der Waals surface area contributed by atoms with E-state index >= 15 is 0 Å². The summed E-state index contributed by atoms with van der Waals surface area (Å²) in [5, 5.41) is 11.4. The lowest BCUT2D eigenvalue weighted by Gasteiger charge is -2.25. The van der Waals surface area contributed by atoms with Crippen LogP contribution in [0.25, 0.3) is 0 Å². The van der Waals surface area contributed by atoms with Gasteiger partial charge in [-0.3, -0.25) is 4.79 Å². The second-order valence-corrected chi connectivity index (χ2v) is 3.72. The molecule has 0 fully saturated rings. The van der Waals surface area contributed by atoms with E-state index in [4.69, 9.17) is 9.84 Å². The number of ether oxygens (including phenoxy) is 1. The Morgan fingerprint density at radius 1 is 1.47 bits per heavy atom. The molecule has 0 spiro atoms. The van der Waals surface area contributed by atoms with Crippen LogP contribution >= 0.6 is 0 Å². The largest absolute Gasteiger partial charge is 0.479 e. The fraction of sp³-hybridized carbons (Fsp3) is 0.800. The lowest BCUT2D eigenvalue weighted by atomic mass is 10.0. The molecule has 1 amide bonds. The Balaban J connectivity index is 4.28. The van der Waals surface area contributed by atoms with Crippen LogP contribution in [0.15, 0.2) is 0 Å². The summed E-state index contributed by atoms with van der Waals surface area (Å²) in [6, 6.07) is 0. The average molecular weight is 217 g/mol. The first-order valence-electron chi connectivity index (χ1n) is 4.99. The van der Waals surface area contributed by atoms with Crippen molar-refractivity contribution in [1.82, 2.24) is 5.32 Å². The molecule has 1 atom stereocenters. The molecule has 0 aliphatic rings. The van der Waals surface area contributed by atoms with Gasteiger partial charge in [0.15, 0.2) is 5.54 Å². The summed E-state index contributed by atoms with van der Waals surface area (Å²) in [5.74, 6) is -1.34. The number of amides is 1. The standard InChI is InChI=1S/C10H19NO4/c1-4-5-6-8(12)11-10(2,7-15-3)9(13)14/h4-7H2,1-3H3,(H,11,12)(H,13,14). The van der Waals surface area contributed by atoms with E-state index in [2.05, 4.69) is 5.32 Å². The molecule has 0 aromatic carbocycles. The van der Waals surface area contributed by atoms with Crippen LogP contribution < -0.4 is 5.32 Å². The van der Waals surface area contributed by atoms with E-state index in [1.165, 1.54) is 14.0 Å². The van der Waals surface area contributed by atoms with E-state index in [1.54, 1.807) is 0 Å². The molecule has 0 saturated heterocycles. The van der Waals surface area contributed by atoms with Gasteiger partial charge in [0.25, 0.3) is 0 Å². The van der Waals surface area contributed by atoms with Crippen molar-refractivity contribution >= 4 is 11.9 Å². The fourth-order valence-corrected chi connectivity index (χ4v) is 1.15. The predicted octanol–water partition coefficient (Wildman–Crippen LogP) is 0.782. The second kappa shape index (κ2) is 6.40. The zero-order valence-electron chi connectivity index (χ0n) is 9.50. The van der Waals surface area contributed by atoms with Crippen molar-refractivity contribution < 1.29 is 19.4 Å². The highest BCUT2D eigenvalue weighted by atomic mass is 16.5. The number of carboxylic acid groups (broad SMARTS) is 1. The number of hydrogen-bond donors (Lipinski definition) is 2. The molecule has 0 radical (unpaired) electrons. The SMILES string of the molecule is CCCCC(=O)NC(C)(COC)C(=O)O. The highest BCUT2D eigenvalue weighted by Crippen LogP contribution is 2.06. The highest BCUT2D eigenvalue weighted by molar-refractivity contribution is 5.86. The molecule has 88 valence electrons. The number of rotatable bonds is 7. The van der Waals surface area contributed by atoms with Gasteiger partial charge in [0.05, 0.1) is 6.61 Å². The first kappa shape index (κ1) is 13.9. The van der Waals surface area contributed by atoms with E-state index < -0.39 is 11.5 Å². The van der Waals surface area contributed by atoms with Crippen LogP contribution in [0.2, 0.25) is 0 Å². The molecule has 0 heterocycles. The van der Waals surface area contributed by atoms with Gasteiger partial charge >= 0.3 is 5.97 Å². The van der Waals surface area contributed by atoms with Crippen molar-refractivity contribution in [1.29, 1.82) is 0 Å². The van der Waals surface area contributed by atoms with Gasteiger partial charge in [-0.15, -0.1) is 0 Å². The van der Waals surface area contributed by atoms with Crippen LogP contribution in [-0.4, -0.2) is 36.2 Å². The molecule has 1 unspecified atom stereocenters. The van der Waals surface area contributed by atoms with Crippen molar-refractivity contribution in [3.05, 3.63) is 0 Å². The maximum atomic E-state index is 11.4. The Hall–Kier alpha value is -1.10. The summed E-state index contributed by atoms with van der Waals surface area (Å²) < 4.78 is 4.78. The Labute approximate surface area is 89.8 Å². The molecule has 0 aliphatic heterocycles. The monoisotopic (exact) mass is 217 g/mol. The summed E-state index contributed by atoms with van der Waals surface area (Å²) in [6.45, 7) is 3.36. The lowest BCUT2D eigenvalue weighted by Crippen LogP contribution is -2.55. The van der Waals surface area contributed by atoms with Crippen molar-refractivity contribution in [2.75, 3.05) is 13.7 Å². The van der Waals surface area contributed by atoms with Crippen LogP contribution in [0.5, 0.6) is 0 Å². The lowest BCUT2D eigenvalue weighted by molar-refractivity contribution is -0.149. The summed E-state index contributed by atoms with van der Waals surface area (Å²) >= 11 is 0. The van der Waals surface area contributed by atoms with Crippen LogP contribution in [0.4, 0.5) is 0 Å². The third-order valence-electron chi connectivity index (χ3n) is 2.08. The summed E-state index contributed by atoms with van der Waals surface area (Å²) in [7, 11) is 1.40. The van der Waals surface area contributed by atoms with Gasteiger partial charge < -0.3 is 15.2 Å². The summed E-state index contributed by atoms with van der Waals surface area (Å²) in [5.41, 5.74) is -1.33. The minimum absolute atomic E-state index is 0.0415. The van der Waals surface area contributed by atoms with Gasteiger partial charge in [-0.25, -0.2) is 4.79 Å². The smallest absolute Gasteiger partial charge is 0.331 e. The number of nitrogens with one attached hydrogen (secondary N) is 1. The Morgan fingerprint density at radius 2 is 2.07 bits per heavy atom. The minimum atomic E-state index is -1.33. The van der Waals surface area contributed by atoms with E-state index in [0.717, 1.165) is 12.8 Å². The molecular weight excluding hydrogens is 198 g/mol. The first-order chi connectivity index (χ1) is 6.96. The van der Waals surface area contributed by atoms with Gasteiger partial charge in [0.1, 0.15) is 0 Å². The van der Waals surface area contributed by atoms with Gasteiger partial charge in [-0.1, -0.05) is 13.3 Å². The number of carboxylic acids is 1. The van der Waals surface area contributed by atoms with Crippen molar-refractivity contribution in [2.24, 2.45) is 0 Å². The zero-order chi connectivity index (χ0) is 11.9. The number of carbonyl (C=O) groups is 2. The third kappa shape index (κ3) is 4.78. The van der Waals surface area contributed by atoms with E-state index in [1.807, 2.05) is 6.92 Å². The maximum absolute atomic E-state index is 11.4. The number of hydrogen-bond acceptors (Lipinski definition) is 3. The first-order valence-corrected chi connectivity index (χ1v) is 4.99. The Kier molecular flexibility index (Phi) is 5.93. The highest BCUT2D eigenvalue weighted by Gasteiger charge is 2.34. The van der Waals surface area contributed by atoms with Gasteiger partial charge in [0.2, 0.25) is 5.91 Å². The van der Waals surface area contributed by atoms with Crippen molar-refractivity contribution in [3.63, 3.8) is 0 Å². The van der Waals surface area contributed by atoms with Gasteiger partial charge in [-0.2, -0.15) is 0 Å². The molecular formula is C10H19NO4. The molecule has 5 nitrogen and oxygen atoms in total. The van der Waals surface area contributed by atoms with Crippen LogP contribution in [0, 0.1) is 0 Å². The maximum Gasteiger partial charge on any atom is 0.331 e. The van der Waals surface area contributed by atoms with Crippen LogP contribution in [-0.2, 0) is 14.3 Å². The predicted molar refractivity (Wildman–Crippen MR) is 55.6 cm³/mol. The molecule has 5 heteroatoms. The zero-order valence-corrected chi connectivity index (χ0v) is 9.50. The molecule has 0 saturated carbocycles. The van der Waals surface area contributed by atoms with Crippen LogP contribution in [0.1, 0.15) is 33.1 Å².